The monoisotopic (exact) mass is 415 g/mol. The summed E-state index contributed by atoms with van der Waals surface area (Å²) in [5, 5.41) is 3.35. The lowest BCUT2D eigenvalue weighted by atomic mass is 9.81. The summed E-state index contributed by atoms with van der Waals surface area (Å²) in [6.45, 7) is 1.47. The highest BCUT2D eigenvalue weighted by atomic mass is 35.5. The van der Waals surface area contributed by atoms with Crippen molar-refractivity contribution in [1.82, 2.24) is 20.3 Å². The first-order valence-corrected chi connectivity index (χ1v) is 10.4. The van der Waals surface area contributed by atoms with E-state index in [1.54, 1.807) is 17.5 Å². The Hall–Kier alpha value is -2.45. The second-order valence-electron chi connectivity index (χ2n) is 7.16. The maximum atomic E-state index is 12.5. The van der Waals surface area contributed by atoms with Gasteiger partial charge >= 0.3 is 0 Å². The fourth-order valence-corrected chi connectivity index (χ4v) is 4.43. The van der Waals surface area contributed by atoms with Crippen LogP contribution in [0.3, 0.4) is 0 Å². The van der Waals surface area contributed by atoms with Crippen molar-refractivity contribution in [3.05, 3.63) is 41.3 Å². The van der Waals surface area contributed by atoms with Crippen LogP contribution in [0.15, 0.2) is 36.0 Å². The summed E-state index contributed by atoms with van der Waals surface area (Å²) in [4.78, 5) is 27.0. The maximum Gasteiger partial charge on any atom is 0.224 e. The van der Waals surface area contributed by atoms with Crippen LogP contribution in [0.1, 0.15) is 12.8 Å². The number of nitrogens with one attached hydrogen (secondary N) is 1. The molecule has 3 heterocycles. The molecule has 28 heavy (non-hydrogen) atoms. The average Bonchev–Trinajstić information content (AvgIpc) is 3.09. The van der Waals surface area contributed by atoms with Gasteiger partial charge in [-0.15, -0.1) is 11.3 Å². The van der Waals surface area contributed by atoms with Crippen LogP contribution in [0.2, 0.25) is 5.28 Å². The molecule has 1 N–H and O–H groups in total. The van der Waals surface area contributed by atoms with Crippen LogP contribution >= 0.6 is 22.9 Å². The van der Waals surface area contributed by atoms with E-state index in [1.807, 2.05) is 29.8 Å². The molecule has 9 heteroatoms. The largest absolute Gasteiger partial charge is 0.488 e. The number of hydrogen-bond acceptors (Lipinski definition) is 7. The van der Waals surface area contributed by atoms with Crippen LogP contribution in [-0.2, 0) is 4.79 Å². The number of anilines is 1. The number of fused-ring (bicyclic) bond motifs is 1. The van der Waals surface area contributed by atoms with E-state index >= 15 is 0 Å². The zero-order valence-electron chi connectivity index (χ0n) is 14.9. The fourth-order valence-electron chi connectivity index (χ4n) is 3.59. The van der Waals surface area contributed by atoms with Crippen LogP contribution in [-0.4, -0.2) is 46.1 Å². The number of thiazole rings is 1. The van der Waals surface area contributed by atoms with E-state index in [-0.39, 0.29) is 29.3 Å². The summed E-state index contributed by atoms with van der Waals surface area (Å²) in [5.41, 5.74) is 2.73. The van der Waals surface area contributed by atoms with Gasteiger partial charge in [0.2, 0.25) is 11.2 Å². The lowest BCUT2D eigenvalue weighted by Crippen LogP contribution is -2.61. The summed E-state index contributed by atoms with van der Waals surface area (Å²) in [6, 6.07) is 7.92. The fraction of sp³-hybridized carbons (Fsp3) is 0.368. The molecular weight excluding hydrogens is 398 g/mol. The van der Waals surface area contributed by atoms with Crippen LogP contribution in [0.5, 0.6) is 5.75 Å². The molecular formula is C19H18ClN5O2S. The molecule has 2 aliphatic rings. The number of hydrogen-bond donors (Lipinski definition) is 1. The Morgan fingerprint density at radius 2 is 2.11 bits per heavy atom. The first kappa shape index (κ1) is 17.6. The van der Waals surface area contributed by atoms with Gasteiger partial charge in [-0.1, -0.05) is 6.07 Å². The standard InChI is InChI=1S/C19H18ClN5O2S/c20-19-21-5-4-16(24-19)25-8-12(9-25)23-18(26)11-6-13(7-11)27-14-2-1-3-15-17(14)22-10-28-15/h1-5,10-13H,6-9H2,(H,23,26)/t11-,13-. The molecule has 1 saturated heterocycles. The van der Waals surface area contributed by atoms with E-state index in [0.29, 0.717) is 0 Å². The third-order valence-electron chi connectivity index (χ3n) is 5.25. The molecule has 0 radical (unpaired) electrons. The highest BCUT2D eigenvalue weighted by Gasteiger charge is 2.38. The van der Waals surface area contributed by atoms with Gasteiger partial charge in [-0.2, -0.15) is 0 Å². The van der Waals surface area contributed by atoms with Gasteiger partial charge in [0, 0.05) is 25.2 Å². The van der Waals surface area contributed by atoms with Gasteiger partial charge < -0.3 is 15.0 Å². The average molecular weight is 416 g/mol. The van der Waals surface area contributed by atoms with Crippen molar-refractivity contribution in [1.29, 1.82) is 0 Å². The van der Waals surface area contributed by atoms with Crippen molar-refractivity contribution < 1.29 is 9.53 Å². The minimum atomic E-state index is 0.0159. The van der Waals surface area contributed by atoms with E-state index in [9.17, 15) is 4.79 Å². The van der Waals surface area contributed by atoms with Crippen molar-refractivity contribution in [3.8, 4) is 5.75 Å². The highest BCUT2D eigenvalue weighted by Crippen LogP contribution is 2.35. The number of nitrogens with zero attached hydrogens (tertiary/aromatic N) is 4. The van der Waals surface area contributed by atoms with Crippen molar-refractivity contribution in [3.63, 3.8) is 0 Å². The van der Waals surface area contributed by atoms with Gasteiger partial charge in [0.05, 0.1) is 16.3 Å². The predicted octanol–water partition coefficient (Wildman–Crippen LogP) is 2.90. The molecule has 0 atom stereocenters. The third-order valence-corrected chi connectivity index (χ3v) is 6.22. The minimum Gasteiger partial charge on any atom is -0.488 e. The maximum absolute atomic E-state index is 12.5. The highest BCUT2D eigenvalue weighted by molar-refractivity contribution is 7.16. The second kappa shape index (κ2) is 7.18. The summed E-state index contributed by atoms with van der Waals surface area (Å²) in [6.07, 6.45) is 3.19. The van der Waals surface area contributed by atoms with Crippen molar-refractivity contribution in [2.45, 2.75) is 25.0 Å². The van der Waals surface area contributed by atoms with Crippen LogP contribution in [0, 0.1) is 5.92 Å². The number of carbonyl (C=O) groups excluding carboxylic acids is 1. The molecule has 2 fully saturated rings. The van der Waals surface area contributed by atoms with Crippen LogP contribution in [0.4, 0.5) is 5.82 Å². The molecule has 144 valence electrons. The molecule has 0 bridgehead atoms. The molecule has 7 nitrogen and oxygen atoms in total. The number of aromatic nitrogens is 3. The van der Waals surface area contributed by atoms with Gasteiger partial charge in [0.25, 0.3) is 0 Å². The van der Waals surface area contributed by atoms with E-state index < -0.39 is 0 Å². The van der Waals surface area contributed by atoms with Gasteiger partial charge in [-0.05, 0) is 42.6 Å². The molecule has 0 unspecified atom stereocenters. The third kappa shape index (κ3) is 3.38. The number of benzene rings is 1. The molecule has 1 saturated carbocycles. The van der Waals surface area contributed by atoms with Crippen molar-refractivity contribution in [2.75, 3.05) is 18.0 Å². The summed E-state index contributed by atoms with van der Waals surface area (Å²) < 4.78 is 7.18. The molecule has 1 aliphatic heterocycles. The first-order valence-electron chi connectivity index (χ1n) is 9.18. The molecule has 1 aliphatic carbocycles. The molecule has 0 spiro atoms. The quantitative estimate of drug-likeness (QED) is 0.645. The summed E-state index contributed by atoms with van der Waals surface area (Å²) in [7, 11) is 0. The normalized spacial score (nSPS) is 21.8. The lowest BCUT2D eigenvalue weighted by molar-refractivity contribution is -0.131. The van der Waals surface area contributed by atoms with Gasteiger partial charge in [0.1, 0.15) is 23.2 Å². The second-order valence-corrected chi connectivity index (χ2v) is 8.38. The zero-order chi connectivity index (χ0) is 19.1. The number of ether oxygens (including phenoxy) is 1. The molecule has 3 aromatic rings. The Balaban J connectivity index is 1.09. The van der Waals surface area contributed by atoms with Crippen LogP contribution in [0.25, 0.3) is 10.2 Å². The summed E-state index contributed by atoms with van der Waals surface area (Å²) in [5.74, 6) is 1.72. The van der Waals surface area contributed by atoms with Gasteiger partial charge in [-0.3, -0.25) is 4.79 Å². The molecule has 2 aromatic heterocycles. The SMILES string of the molecule is O=C(NC1CN(c2ccnc(Cl)n2)C1)[C@H]1C[C@H](Oc2cccc3scnc23)C1. The molecule has 1 amide bonds. The van der Waals surface area contributed by atoms with Crippen molar-refractivity contribution in [2.24, 2.45) is 5.92 Å². The zero-order valence-corrected chi connectivity index (χ0v) is 16.5. The number of carbonyl (C=O) groups is 1. The molecule has 1 aromatic carbocycles. The minimum absolute atomic E-state index is 0.0159. The number of halogens is 1. The van der Waals surface area contributed by atoms with E-state index in [2.05, 4.69) is 25.2 Å². The van der Waals surface area contributed by atoms with Gasteiger partial charge in [-0.25, -0.2) is 15.0 Å². The van der Waals surface area contributed by atoms with E-state index in [4.69, 9.17) is 16.3 Å². The Labute approximate surface area is 170 Å². The predicted molar refractivity (Wildman–Crippen MR) is 108 cm³/mol. The van der Waals surface area contributed by atoms with E-state index in [1.165, 1.54) is 0 Å². The topological polar surface area (TPSA) is 80.2 Å². The Morgan fingerprint density at radius 3 is 2.93 bits per heavy atom. The number of rotatable bonds is 5. The number of amides is 1. The Bertz CT molecular complexity index is 1020. The van der Waals surface area contributed by atoms with E-state index in [0.717, 1.165) is 47.7 Å². The number of para-hydroxylation sites is 1. The molecule has 5 rings (SSSR count). The van der Waals surface area contributed by atoms with Gasteiger partial charge in [0.15, 0.2) is 0 Å². The smallest absolute Gasteiger partial charge is 0.224 e. The Morgan fingerprint density at radius 1 is 1.25 bits per heavy atom. The van der Waals surface area contributed by atoms with Crippen LogP contribution < -0.4 is 15.0 Å². The lowest BCUT2D eigenvalue weighted by Gasteiger charge is -2.42. The first-order chi connectivity index (χ1) is 13.7. The van der Waals surface area contributed by atoms with Crippen molar-refractivity contribution >= 4 is 44.9 Å². The summed E-state index contributed by atoms with van der Waals surface area (Å²) >= 11 is 7.42. The Kier molecular flexibility index (Phi) is 4.52.